The van der Waals surface area contributed by atoms with Crippen molar-refractivity contribution in [3.8, 4) is 22.8 Å². The van der Waals surface area contributed by atoms with Crippen LogP contribution in [0.4, 0.5) is 0 Å². The summed E-state index contributed by atoms with van der Waals surface area (Å²) in [7, 11) is 0. The number of fused-ring (bicyclic) bond motifs is 1. The summed E-state index contributed by atoms with van der Waals surface area (Å²) >= 11 is 6.66. The Morgan fingerprint density at radius 3 is 2.72 bits per heavy atom. The Morgan fingerprint density at radius 1 is 1.31 bits per heavy atom. The molecule has 162 valence electrons. The lowest BCUT2D eigenvalue weighted by molar-refractivity contribution is -0.117. The minimum Gasteiger partial charge on any atom is -0.468 e. The van der Waals surface area contributed by atoms with Gasteiger partial charge in [0.05, 0.1) is 17.0 Å². The number of benzene rings is 1. The molecule has 1 aliphatic heterocycles. The number of Topliss-reactive ketones (excluding diaryl/α,β-unsaturated/α-hetero) is 1. The number of ether oxygens (including phenoxy) is 3. The molecule has 0 saturated heterocycles. The third-order valence-corrected chi connectivity index (χ3v) is 5.69. The first-order chi connectivity index (χ1) is 15.4. The van der Waals surface area contributed by atoms with E-state index in [4.69, 9.17) is 36.6 Å². The van der Waals surface area contributed by atoms with Gasteiger partial charge in [-0.1, -0.05) is 24.3 Å². The van der Waals surface area contributed by atoms with Crippen LogP contribution in [0.2, 0.25) is 5.02 Å². The second-order valence-electron chi connectivity index (χ2n) is 6.96. The Labute approximate surface area is 187 Å². The first kappa shape index (κ1) is 21.3. The number of hydrogen-bond acceptors (Lipinski definition) is 8. The lowest BCUT2D eigenvalue weighted by Crippen LogP contribution is -2.51. The zero-order valence-corrected chi connectivity index (χ0v) is 17.4. The van der Waals surface area contributed by atoms with Gasteiger partial charge in [0, 0.05) is 30.2 Å². The standard InChI is InChI=1S/C22H17ClN4O5/c1-3-12-7-13(28)8-17(30-4-2)22(12)21(29)18-16(31-11-25)9-14(19(23)20(18)32-22)15-5-6-27(10-24)26-15/h3-6,8-12,24-25H,1-2,7H2/t12-,22+/m1/s1. The van der Waals surface area contributed by atoms with Gasteiger partial charge >= 0.3 is 0 Å². The molecule has 2 N–H and O–H groups in total. The number of halogens is 1. The van der Waals surface area contributed by atoms with E-state index in [0.717, 1.165) is 12.6 Å². The van der Waals surface area contributed by atoms with Crippen LogP contribution in [0.3, 0.4) is 0 Å². The molecule has 1 aromatic carbocycles. The van der Waals surface area contributed by atoms with Crippen LogP contribution in [0.15, 0.2) is 55.7 Å². The first-order valence-electron chi connectivity index (χ1n) is 9.38. The highest BCUT2D eigenvalue weighted by atomic mass is 35.5. The van der Waals surface area contributed by atoms with Crippen molar-refractivity contribution in [1.82, 2.24) is 9.78 Å². The lowest BCUT2D eigenvalue weighted by Gasteiger charge is -2.36. The molecule has 4 rings (SSSR count). The fourth-order valence-electron chi connectivity index (χ4n) is 3.93. The molecule has 10 heteroatoms. The van der Waals surface area contributed by atoms with Crippen LogP contribution in [0.25, 0.3) is 11.3 Å². The van der Waals surface area contributed by atoms with Crippen LogP contribution in [-0.4, -0.2) is 39.7 Å². The largest absolute Gasteiger partial charge is 0.468 e. The summed E-state index contributed by atoms with van der Waals surface area (Å²) in [6.45, 7) is 7.27. The van der Waals surface area contributed by atoms with Gasteiger partial charge in [-0.05, 0) is 12.1 Å². The molecule has 0 unspecified atom stereocenters. The monoisotopic (exact) mass is 452 g/mol. The molecule has 0 saturated carbocycles. The molecule has 1 aromatic heterocycles. The van der Waals surface area contributed by atoms with E-state index in [-0.39, 0.29) is 40.0 Å². The van der Waals surface area contributed by atoms with Crippen LogP contribution in [0.1, 0.15) is 16.8 Å². The van der Waals surface area contributed by atoms with Crippen molar-refractivity contribution < 1.29 is 23.8 Å². The van der Waals surface area contributed by atoms with Crippen molar-refractivity contribution in [1.29, 1.82) is 10.8 Å². The van der Waals surface area contributed by atoms with Crippen molar-refractivity contribution in [3.05, 3.63) is 66.2 Å². The van der Waals surface area contributed by atoms with Gasteiger partial charge in [-0.3, -0.25) is 20.4 Å². The van der Waals surface area contributed by atoms with E-state index in [2.05, 4.69) is 18.3 Å². The van der Waals surface area contributed by atoms with E-state index in [1.807, 2.05) is 0 Å². The average molecular weight is 453 g/mol. The van der Waals surface area contributed by atoms with Gasteiger partial charge in [-0.15, -0.1) is 6.58 Å². The normalized spacial score (nSPS) is 21.4. The first-order valence-corrected chi connectivity index (χ1v) is 9.76. The molecule has 2 aromatic rings. The summed E-state index contributed by atoms with van der Waals surface area (Å²) in [5, 5.41) is 19.0. The minimum absolute atomic E-state index is 0.00787. The zero-order chi connectivity index (χ0) is 23.0. The van der Waals surface area contributed by atoms with E-state index >= 15 is 0 Å². The molecule has 0 bridgehead atoms. The van der Waals surface area contributed by atoms with E-state index in [9.17, 15) is 9.59 Å². The number of rotatable bonds is 7. The molecule has 0 radical (unpaired) electrons. The van der Waals surface area contributed by atoms with E-state index in [1.54, 1.807) is 12.3 Å². The fraction of sp³-hybridized carbons (Fsp3) is 0.136. The van der Waals surface area contributed by atoms with Gasteiger partial charge < -0.3 is 14.2 Å². The Hall–Kier alpha value is -3.98. The number of aromatic nitrogens is 2. The summed E-state index contributed by atoms with van der Waals surface area (Å²) in [4.78, 5) is 26.0. The molecule has 0 amide bonds. The minimum atomic E-state index is -1.73. The summed E-state index contributed by atoms with van der Waals surface area (Å²) in [5.41, 5.74) is -0.966. The number of ketones is 2. The van der Waals surface area contributed by atoms with Crippen LogP contribution >= 0.6 is 11.6 Å². The quantitative estimate of drug-likeness (QED) is 0.285. The maximum atomic E-state index is 13.8. The average Bonchev–Trinajstić information content (AvgIpc) is 3.37. The second kappa shape index (κ2) is 7.93. The van der Waals surface area contributed by atoms with Crippen LogP contribution in [0.5, 0.6) is 11.5 Å². The molecule has 0 fully saturated rings. The predicted molar refractivity (Wildman–Crippen MR) is 117 cm³/mol. The Morgan fingerprint density at radius 2 is 2.09 bits per heavy atom. The third kappa shape index (κ3) is 2.97. The number of hydrogen-bond donors (Lipinski definition) is 2. The van der Waals surface area contributed by atoms with Crippen molar-refractivity contribution >= 4 is 35.9 Å². The second-order valence-corrected chi connectivity index (χ2v) is 7.34. The highest BCUT2D eigenvalue weighted by molar-refractivity contribution is 6.36. The smallest absolute Gasteiger partial charge is 0.235 e. The van der Waals surface area contributed by atoms with Crippen molar-refractivity contribution in [3.63, 3.8) is 0 Å². The van der Waals surface area contributed by atoms with E-state index in [1.165, 1.54) is 22.9 Å². The number of nitrogens with zero attached hydrogens (tertiary/aromatic N) is 2. The summed E-state index contributed by atoms with van der Waals surface area (Å²) in [5.74, 6) is -1.56. The van der Waals surface area contributed by atoms with Crippen LogP contribution in [0, 0.1) is 16.7 Å². The molecule has 2 aliphatic rings. The SMILES string of the molecule is C=COC1=CC(=O)C[C@@H](C=C)[C@]12Oc1c(Cl)c(-c3ccn(C=N)n3)cc(OC=N)c1C2=O. The van der Waals surface area contributed by atoms with Crippen LogP contribution < -0.4 is 9.47 Å². The molecule has 2 atom stereocenters. The summed E-state index contributed by atoms with van der Waals surface area (Å²) < 4.78 is 18.2. The maximum Gasteiger partial charge on any atom is 0.235 e. The Kier molecular flexibility index (Phi) is 5.27. The molecule has 2 heterocycles. The van der Waals surface area contributed by atoms with Gasteiger partial charge in [0.2, 0.25) is 11.4 Å². The molecular formula is C22H17ClN4O5. The van der Waals surface area contributed by atoms with E-state index in [0.29, 0.717) is 17.7 Å². The highest BCUT2D eigenvalue weighted by Crippen LogP contribution is 2.54. The maximum absolute atomic E-state index is 13.8. The molecule has 1 aliphatic carbocycles. The topological polar surface area (TPSA) is 127 Å². The van der Waals surface area contributed by atoms with Crippen molar-refractivity contribution in [2.45, 2.75) is 12.0 Å². The fourth-order valence-corrected chi connectivity index (χ4v) is 4.22. The number of allylic oxidation sites excluding steroid dienone is 1. The summed E-state index contributed by atoms with van der Waals surface area (Å²) in [6, 6.07) is 3.09. The summed E-state index contributed by atoms with van der Waals surface area (Å²) in [6.07, 6.45) is 6.96. The van der Waals surface area contributed by atoms with Gasteiger partial charge in [0.15, 0.2) is 23.7 Å². The van der Waals surface area contributed by atoms with Gasteiger partial charge in [-0.25, -0.2) is 4.68 Å². The van der Waals surface area contributed by atoms with E-state index < -0.39 is 17.3 Å². The zero-order valence-electron chi connectivity index (χ0n) is 16.6. The molecular weight excluding hydrogens is 436 g/mol. The predicted octanol–water partition coefficient (Wildman–Crippen LogP) is 3.78. The lowest BCUT2D eigenvalue weighted by atomic mass is 9.74. The number of carbonyl (C=O) groups is 2. The molecule has 32 heavy (non-hydrogen) atoms. The third-order valence-electron chi connectivity index (χ3n) is 5.31. The van der Waals surface area contributed by atoms with Gasteiger partial charge in [0.1, 0.15) is 17.7 Å². The van der Waals surface area contributed by atoms with Crippen molar-refractivity contribution in [2.75, 3.05) is 0 Å². The highest BCUT2D eigenvalue weighted by Gasteiger charge is 2.60. The van der Waals surface area contributed by atoms with Crippen LogP contribution in [-0.2, 0) is 9.53 Å². The molecule has 1 spiro atoms. The molecule has 9 nitrogen and oxygen atoms in total. The number of nitrogens with one attached hydrogen (secondary N) is 2. The Balaban J connectivity index is 1.97. The number of carbonyl (C=O) groups excluding carboxylic acids is 2. The van der Waals surface area contributed by atoms with Crippen molar-refractivity contribution in [2.24, 2.45) is 5.92 Å². The van der Waals surface area contributed by atoms with Gasteiger partial charge in [0.25, 0.3) is 0 Å². The van der Waals surface area contributed by atoms with Gasteiger partial charge in [-0.2, -0.15) is 5.10 Å². The Bertz CT molecular complexity index is 1230.